The van der Waals surface area contributed by atoms with Crippen LogP contribution in [0.2, 0.25) is 0 Å². The monoisotopic (exact) mass is 328 g/mol. The van der Waals surface area contributed by atoms with Gasteiger partial charge >= 0.3 is 0 Å². The van der Waals surface area contributed by atoms with Gasteiger partial charge in [0.1, 0.15) is 0 Å². The predicted molar refractivity (Wildman–Crippen MR) is 80.2 cm³/mol. The maximum Gasteiger partial charge on any atom is 0.228 e. The van der Waals surface area contributed by atoms with Crippen LogP contribution < -0.4 is 10.6 Å². The first-order valence-corrected chi connectivity index (χ1v) is 7.67. The maximum atomic E-state index is 12.2. The first-order valence-electron chi connectivity index (χ1n) is 6.00. The Bertz CT molecular complexity index is 478. The lowest BCUT2D eigenvalue weighted by Crippen LogP contribution is -2.39. The van der Waals surface area contributed by atoms with Gasteiger partial charge in [-0.2, -0.15) is 0 Å². The molecule has 1 atom stereocenters. The summed E-state index contributed by atoms with van der Waals surface area (Å²) in [5.41, 5.74) is 7.69. The first kappa shape index (κ1) is 13.9. The summed E-state index contributed by atoms with van der Waals surface area (Å²) in [6, 6.07) is 4.20. The molecule has 18 heavy (non-hydrogen) atoms. The van der Waals surface area contributed by atoms with Gasteiger partial charge in [-0.25, -0.2) is 0 Å². The fourth-order valence-corrected chi connectivity index (χ4v) is 4.30. The number of aryl methyl sites for hydroxylation is 1. The van der Waals surface area contributed by atoms with Crippen molar-refractivity contribution in [3.63, 3.8) is 0 Å². The number of benzene rings is 1. The van der Waals surface area contributed by atoms with Crippen LogP contribution in [0.3, 0.4) is 0 Å². The van der Waals surface area contributed by atoms with E-state index in [1.165, 1.54) is 10.5 Å². The highest BCUT2D eigenvalue weighted by molar-refractivity contribution is 9.10. The van der Waals surface area contributed by atoms with Crippen LogP contribution in [0.1, 0.15) is 18.9 Å². The van der Waals surface area contributed by atoms with E-state index in [0.29, 0.717) is 18.2 Å². The SMILES string of the molecule is Cc1cc(Br)c2c(c1)SC(C)CN2C(=O)CCN. The van der Waals surface area contributed by atoms with Crippen LogP contribution in [0.15, 0.2) is 21.5 Å². The van der Waals surface area contributed by atoms with E-state index < -0.39 is 0 Å². The third kappa shape index (κ3) is 2.73. The van der Waals surface area contributed by atoms with Crippen molar-refractivity contribution in [2.24, 2.45) is 5.73 Å². The highest BCUT2D eigenvalue weighted by atomic mass is 79.9. The molecule has 0 aromatic heterocycles. The quantitative estimate of drug-likeness (QED) is 0.907. The summed E-state index contributed by atoms with van der Waals surface area (Å²) < 4.78 is 0.988. The largest absolute Gasteiger partial charge is 0.330 e. The van der Waals surface area contributed by atoms with Crippen molar-refractivity contribution in [1.29, 1.82) is 0 Å². The standard InChI is InChI=1S/C13H17BrN2OS/c1-8-5-10(14)13-11(6-8)18-9(2)7-16(13)12(17)3-4-15/h5-6,9H,3-4,7,15H2,1-2H3. The molecule has 98 valence electrons. The third-order valence-corrected chi connectivity index (χ3v) is 4.59. The number of hydrogen-bond donors (Lipinski definition) is 1. The number of carbonyl (C=O) groups excluding carboxylic acids is 1. The van der Waals surface area contributed by atoms with Crippen molar-refractivity contribution in [2.45, 2.75) is 30.4 Å². The number of rotatable bonds is 2. The van der Waals surface area contributed by atoms with Crippen LogP contribution in [0, 0.1) is 6.92 Å². The lowest BCUT2D eigenvalue weighted by atomic mass is 10.2. The highest BCUT2D eigenvalue weighted by Gasteiger charge is 2.28. The molecular formula is C13H17BrN2OS. The van der Waals surface area contributed by atoms with Crippen LogP contribution >= 0.6 is 27.7 Å². The number of halogens is 1. The van der Waals surface area contributed by atoms with E-state index in [1.807, 2.05) is 16.7 Å². The number of thioether (sulfide) groups is 1. The zero-order chi connectivity index (χ0) is 13.3. The molecule has 0 spiro atoms. The topological polar surface area (TPSA) is 46.3 Å². The van der Waals surface area contributed by atoms with Gasteiger partial charge in [-0.05, 0) is 40.5 Å². The molecule has 1 aliphatic heterocycles. The molecule has 0 saturated heterocycles. The van der Waals surface area contributed by atoms with Crippen molar-refractivity contribution in [1.82, 2.24) is 0 Å². The molecule has 1 aromatic rings. The molecule has 3 nitrogen and oxygen atoms in total. The predicted octanol–water partition coefficient (Wildman–Crippen LogP) is 2.93. The summed E-state index contributed by atoms with van der Waals surface area (Å²) in [5, 5.41) is 0.410. The summed E-state index contributed by atoms with van der Waals surface area (Å²) in [4.78, 5) is 15.2. The van der Waals surface area contributed by atoms with Gasteiger partial charge in [-0.1, -0.05) is 6.92 Å². The van der Waals surface area contributed by atoms with Gasteiger partial charge in [0.05, 0.1) is 5.69 Å². The molecule has 0 aliphatic carbocycles. The Morgan fingerprint density at radius 1 is 1.61 bits per heavy atom. The number of fused-ring (bicyclic) bond motifs is 1. The number of anilines is 1. The summed E-state index contributed by atoms with van der Waals surface area (Å²) in [5.74, 6) is 0.107. The molecular weight excluding hydrogens is 312 g/mol. The second-order valence-electron chi connectivity index (χ2n) is 4.56. The van der Waals surface area contributed by atoms with Crippen LogP contribution in [-0.2, 0) is 4.79 Å². The summed E-state index contributed by atoms with van der Waals surface area (Å²) in [6.07, 6.45) is 0.400. The Labute approximate surface area is 120 Å². The van der Waals surface area contributed by atoms with Gasteiger partial charge in [0.25, 0.3) is 0 Å². The molecule has 5 heteroatoms. The Hall–Kier alpha value is -0.520. The van der Waals surface area contributed by atoms with E-state index in [4.69, 9.17) is 5.73 Å². The number of nitrogens with two attached hydrogens (primary N) is 1. The smallest absolute Gasteiger partial charge is 0.228 e. The minimum Gasteiger partial charge on any atom is -0.330 e. The van der Waals surface area contributed by atoms with Gasteiger partial charge in [0.2, 0.25) is 5.91 Å². The van der Waals surface area contributed by atoms with Gasteiger partial charge < -0.3 is 10.6 Å². The van der Waals surface area contributed by atoms with E-state index in [9.17, 15) is 4.79 Å². The lowest BCUT2D eigenvalue weighted by molar-refractivity contribution is -0.118. The molecule has 1 amide bonds. The Morgan fingerprint density at radius 2 is 2.33 bits per heavy atom. The third-order valence-electron chi connectivity index (χ3n) is 2.87. The summed E-state index contributed by atoms with van der Waals surface area (Å²) >= 11 is 5.40. The highest BCUT2D eigenvalue weighted by Crippen LogP contribution is 2.43. The van der Waals surface area contributed by atoms with E-state index in [2.05, 4.69) is 41.9 Å². The number of nitrogens with zero attached hydrogens (tertiary/aromatic N) is 1. The molecule has 1 aliphatic rings. The average molecular weight is 329 g/mol. The Kier molecular flexibility index (Phi) is 4.35. The molecule has 0 radical (unpaired) electrons. The van der Waals surface area contributed by atoms with Crippen LogP contribution in [0.4, 0.5) is 5.69 Å². The van der Waals surface area contributed by atoms with Gasteiger partial charge in [0, 0.05) is 34.1 Å². The van der Waals surface area contributed by atoms with Crippen molar-refractivity contribution >= 4 is 39.3 Å². The van der Waals surface area contributed by atoms with E-state index in [0.717, 1.165) is 16.7 Å². The maximum absolute atomic E-state index is 12.2. The lowest BCUT2D eigenvalue weighted by Gasteiger charge is -2.33. The summed E-state index contributed by atoms with van der Waals surface area (Å²) in [7, 11) is 0. The second-order valence-corrected chi connectivity index (χ2v) is 6.90. The molecule has 1 aromatic carbocycles. The van der Waals surface area contributed by atoms with Crippen LogP contribution in [-0.4, -0.2) is 24.2 Å². The molecule has 1 unspecified atom stereocenters. The van der Waals surface area contributed by atoms with Gasteiger partial charge in [-0.3, -0.25) is 4.79 Å². The number of hydrogen-bond acceptors (Lipinski definition) is 3. The Balaban J connectivity index is 2.44. The molecule has 0 saturated carbocycles. The number of amides is 1. The summed E-state index contributed by atoms with van der Waals surface area (Å²) in [6.45, 7) is 5.36. The Morgan fingerprint density at radius 3 is 3.00 bits per heavy atom. The molecule has 0 fully saturated rings. The van der Waals surface area contributed by atoms with E-state index in [1.54, 1.807) is 0 Å². The van der Waals surface area contributed by atoms with Gasteiger partial charge in [0.15, 0.2) is 0 Å². The fourth-order valence-electron chi connectivity index (χ4n) is 2.14. The van der Waals surface area contributed by atoms with E-state index in [-0.39, 0.29) is 5.91 Å². The molecule has 2 N–H and O–H groups in total. The minimum absolute atomic E-state index is 0.107. The molecule has 2 rings (SSSR count). The normalized spacial score (nSPS) is 18.7. The fraction of sp³-hybridized carbons (Fsp3) is 0.462. The number of carbonyl (C=O) groups is 1. The van der Waals surface area contributed by atoms with Crippen LogP contribution in [0.25, 0.3) is 0 Å². The van der Waals surface area contributed by atoms with Gasteiger partial charge in [-0.15, -0.1) is 11.8 Å². The molecule has 1 heterocycles. The zero-order valence-corrected chi connectivity index (χ0v) is 13.0. The first-order chi connectivity index (χ1) is 8.52. The van der Waals surface area contributed by atoms with Crippen molar-refractivity contribution in [3.05, 3.63) is 22.2 Å². The minimum atomic E-state index is 0.107. The van der Waals surface area contributed by atoms with Crippen molar-refractivity contribution in [3.8, 4) is 0 Å². The second kappa shape index (κ2) is 5.63. The average Bonchev–Trinajstić information content (AvgIpc) is 2.27. The van der Waals surface area contributed by atoms with E-state index >= 15 is 0 Å². The van der Waals surface area contributed by atoms with Crippen molar-refractivity contribution in [2.75, 3.05) is 18.0 Å². The van der Waals surface area contributed by atoms with Crippen molar-refractivity contribution < 1.29 is 4.79 Å². The molecule has 0 bridgehead atoms. The zero-order valence-electron chi connectivity index (χ0n) is 10.6. The van der Waals surface area contributed by atoms with Crippen LogP contribution in [0.5, 0.6) is 0 Å².